The molecule has 0 amide bonds. The second-order valence-corrected chi connectivity index (χ2v) is 6.18. The van der Waals surface area contributed by atoms with E-state index in [0.29, 0.717) is 0 Å². The predicted octanol–water partition coefficient (Wildman–Crippen LogP) is 4.76. The quantitative estimate of drug-likeness (QED) is 0.637. The second kappa shape index (κ2) is 7.30. The zero-order chi connectivity index (χ0) is 16.1. The van der Waals surface area contributed by atoms with Gasteiger partial charge in [0.25, 0.3) is 0 Å². The molecule has 0 saturated carbocycles. The Morgan fingerprint density at radius 3 is 2.43 bits per heavy atom. The lowest BCUT2D eigenvalue weighted by Gasteiger charge is -2.12. The molecule has 1 heterocycles. The smallest absolute Gasteiger partial charge is 0.0485 e. The number of hydrogen-bond acceptors (Lipinski definition) is 1. The number of rotatable bonds is 6. The van der Waals surface area contributed by atoms with Crippen molar-refractivity contribution < 1.29 is 0 Å². The maximum absolute atomic E-state index is 2.43. The van der Waals surface area contributed by atoms with Crippen LogP contribution in [0.4, 0.5) is 0 Å². The zero-order valence-corrected chi connectivity index (χ0v) is 13.9. The highest BCUT2D eigenvalue weighted by atomic mass is 15.1. The minimum atomic E-state index is 1.04. The Hall–Kier alpha value is -2.32. The lowest BCUT2D eigenvalue weighted by atomic mass is 10.2. The Labute approximate surface area is 138 Å². The number of fused-ring (bicyclic) bond motifs is 1. The molecule has 0 aliphatic carbocycles. The molecule has 3 rings (SSSR count). The van der Waals surface area contributed by atoms with Crippen molar-refractivity contribution in [2.45, 2.75) is 13.0 Å². The maximum atomic E-state index is 2.43. The van der Waals surface area contributed by atoms with Crippen LogP contribution in [0, 0.1) is 0 Å². The molecular weight excluding hydrogens is 280 g/mol. The summed E-state index contributed by atoms with van der Waals surface area (Å²) in [5, 5.41) is 1.31. The van der Waals surface area contributed by atoms with Gasteiger partial charge in [-0.15, -0.1) is 0 Å². The molecule has 0 saturated heterocycles. The first-order chi connectivity index (χ1) is 11.2. The molecule has 0 N–H and O–H groups in total. The lowest BCUT2D eigenvalue weighted by molar-refractivity contribution is 0.388. The summed E-state index contributed by atoms with van der Waals surface area (Å²) in [6, 6.07) is 21.4. The lowest BCUT2D eigenvalue weighted by Crippen LogP contribution is -2.15. The van der Waals surface area contributed by atoms with Gasteiger partial charge < -0.3 is 9.47 Å². The van der Waals surface area contributed by atoms with Gasteiger partial charge in [0.1, 0.15) is 0 Å². The Balaban J connectivity index is 1.90. The summed E-state index contributed by atoms with van der Waals surface area (Å²) in [4.78, 5) is 2.24. The largest absolute Gasteiger partial charge is 0.341 e. The van der Waals surface area contributed by atoms with Crippen molar-refractivity contribution in [1.29, 1.82) is 0 Å². The fourth-order valence-corrected chi connectivity index (χ4v) is 2.91. The van der Waals surface area contributed by atoms with Crippen LogP contribution in [0.15, 0.2) is 60.7 Å². The van der Waals surface area contributed by atoms with Gasteiger partial charge in [0.05, 0.1) is 0 Å². The average molecular weight is 304 g/mol. The highest BCUT2D eigenvalue weighted by Crippen LogP contribution is 2.22. The van der Waals surface area contributed by atoms with E-state index in [1.807, 2.05) is 0 Å². The summed E-state index contributed by atoms with van der Waals surface area (Å²) in [5.74, 6) is 0. The van der Waals surface area contributed by atoms with Crippen molar-refractivity contribution in [2.75, 3.05) is 20.6 Å². The van der Waals surface area contributed by atoms with Crippen molar-refractivity contribution in [1.82, 2.24) is 9.47 Å². The summed E-state index contributed by atoms with van der Waals surface area (Å²) >= 11 is 0. The molecule has 0 radical (unpaired) electrons. The zero-order valence-electron chi connectivity index (χ0n) is 13.9. The fraction of sp³-hybridized carbons (Fsp3) is 0.238. The first-order valence-electron chi connectivity index (χ1n) is 8.20. The fourth-order valence-electron chi connectivity index (χ4n) is 2.91. The van der Waals surface area contributed by atoms with E-state index in [9.17, 15) is 0 Å². The third kappa shape index (κ3) is 3.91. The van der Waals surface area contributed by atoms with Gasteiger partial charge >= 0.3 is 0 Å². The van der Waals surface area contributed by atoms with Gasteiger partial charge in [0.2, 0.25) is 0 Å². The van der Waals surface area contributed by atoms with Crippen molar-refractivity contribution in [3.05, 3.63) is 71.9 Å². The number of benzene rings is 2. The SMILES string of the molecule is CN(C)CCCn1c(/C=C/c2ccccc2)cc2ccccc21. The highest BCUT2D eigenvalue weighted by molar-refractivity contribution is 5.85. The summed E-state index contributed by atoms with van der Waals surface area (Å²) in [6.45, 7) is 2.15. The van der Waals surface area contributed by atoms with E-state index in [1.165, 1.54) is 22.2 Å². The third-order valence-electron chi connectivity index (χ3n) is 4.08. The molecule has 0 aliphatic heterocycles. The van der Waals surface area contributed by atoms with Crippen LogP contribution in [0.25, 0.3) is 23.1 Å². The van der Waals surface area contributed by atoms with E-state index in [-0.39, 0.29) is 0 Å². The van der Waals surface area contributed by atoms with Crippen molar-refractivity contribution >= 4 is 23.1 Å². The number of aryl methyl sites for hydroxylation is 1. The van der Waals surface area contributed by atoms with Crippen LogP contribution in [0.3, 0.4) is 0 Å². The molecule has 118 valence electrons. The molecule has 2 heteroatoms. The van der Waals surface area contributed by atoms with Gasteiger partial charge in [-0.05, 0) is 50.8 Å². The Kier molecular flexibility index (Phi) is 4.94. The van der Waals surface area contributed by atoms with E-state index in [0.717, 1.165) is 19.5 Å². The molecule has 0 aliphatic rings. The Bertz CT molecular complexity index is 782. The number of aromatic nitrogens is 1. The average Bonchev–Trinajstić information content (AvgIpc) is 2.92. The van der Waals surface area contributed by atoms with Crippen LogP contribution in [0.5, 0.6) is 0 Å². The topological polar surface area (TPSA) is 8.17 Å². The van der Waals surface area contributed by atoms with E-state index in [4.69, 9.17) is 0 Å². The number of hydrogen-bond donors (Lipinski definition) is 0. The van der Waals surface area contributed by atoms with E-state index in [2.05, 4.69) is 96.4 Å². The molecule has 0 fully saturated rings. The monoisotopic (exact) mass is 304 g/mol. The van der Waals surface area contributed by atoms with Crippen molar-refractivity contribution in [3.8, 4) is 0 Å². The molecule has 0 atom stereocenters. The molecular formula is C21H24N2. The molecule has 0 spiro atoms. The molecule has 2 nitrogen and oxygen atoms in total. The van der Waals surface area contributed by atoms with Crippen LogP contribution in [-0.4, -0.2) is 30.1 Å². The predicted molar refractivity (Wildman–Crippen MR) is 100 cm³/mol. The highest BCUT2D eigenvalue weighted by Gasteiger charge is 2.06. The van der Waals surface area contributed by atoms with Gasteiger partial charge in [-0.3, -0.25) is 0 Å². The van der Waals surface area contributed by atoms with E-state index in [1.54, 1.807) is 0 Å². The minimum absolute atomic E-state index is 1.04. The van der Waals surface area contributed by atoms with E-state index >= 15 is 0 Å². The third-order valence-corrected chi connectivity index (χ3v) is 4.08. The summed E-state index contributed by atoms with van der Waals surface area (Å²) in [6.07, 6.45) is 5.57. The summed E-state index contributed by atoms with van der Waals surface area (Å²) < 4.78 is 2.43. The second-order valence-electron chi connectivity index (χ2n) is 6.18. The summed E-state index contributed by atoms with van der Waals surface area (Å²) in [7, 11) is 4.26. The molecule has 0 unspecified atom stereocenters. The van der Waals surface area contributed by atoms with E-state index < -0.39 is 0 Å². The van der Waals surface area contributed by atoms with Gasteiger partial charge in [0, 0.05) is 23.1 Å². The van der Waals surface area contributed by atoms with Gasteiger partial charge in [-0.2, -0.15) is 0 Å². The van der Waals surface area contributed by atoms with Crippen LogP contribution >= 0.6 is 0 Å². The van der Waals surface area contributed by atoms with Crippen molar-refractivity contribution in [2.24, 2.45) is 0 Å². The number of nitrogens with zero attached hydrogens (tertiary/aromatic N) is 2. The molecule has 23 heavy (non-hydrogen) atoms. The Morgan fingerprint density at radius 2 is 1.65 bits per heavy atom. The minimum Gasteiger partial charge on any atom is -0.341 e. The first-order valence-corrected chi connectivity index (χ1v) is 8.20. The van der Waals surface area contributed by atoms with Crippen molar-refractivity contribution in [3.63, 3.8) is 0 Å². The number of para-hydroxylation sites is 1. The Morgan fingerprint density at radius 1 is 0.913 bits per heavy atom. The summed E-state index contributed by atoms with van der Waals surface area (Å²) in [5.41, 5.74) is 3.82. The molecule has 3 aromatic rings. The van der Waals surface area contributed by atoms with Crippen LogP contribution in [0.1, 0.15) is 17.7 Å². The molecule has 2 aromatic carbocycles. The standard InChI is InChI=1S/C21H24N2/c1-22(2)15-8-16-23-20(14-13-18-9-4-3-5-10-18)17-19-11-6-7-12-21(19)23/h3-7,9-14,17H,8,15-16H2,1-2H3/b14-13+. The van der Waals surface area contributed by atoms with Crippen LogP contribution < -0.4 is 0 Å². The van der Waals surface area contributed by atoms with Gasteiger partial charge in [-0.1, -0.05) is 54.6 Å². The van der Waals surface area contributed by atoms with Crippen LogP contribution in [-0.2, 0) is 6.54 Å². The molecule has 0 bridgehead atoms. The first kappa shape index (κ1) is 15.6. The molecule has 1 aromatic heterocycles. The maximum Gasteiger partial charge on any atom is 0.0485 e. The van der Waals surface area contributed by atoms with Crippen LogP contribution in [0.2, 0.25) is 0 Å². The van der Waals surface area contributed by atoms with Gasteiger partial charge in [0.15, 0.2) is 0 Å². The normalized spacial score (nSPS) is 11.8. The van der Waals surface area contributed by atoms with Gasteiger partial charge in [-0.25, -0.2) is 0 Å².